The summed E-state index contributed by atoms with van der Waals surface area (Å²) in [5.74, 6) is -1.32. The molecule has 2 N–H and O–H groups in total. The fourth-order valence-corrected chi connectivity index (χ4v) is 3.31. The first-order valence-electron chi connectivity index (χ1n) is 8.87. The molecule has 1 saturated heterocycles. The molecular weight excluding hydrogens is 354 g/mol. The Hall–Kier alpha value is -2.65. The Balaban J connectivity index is 1.50. The average Bonchev–Trinajstić information content (AvgIpc) is 3.23. The Morgan fingerprint density at radius 2 is 2.07 bits per heavy atom. The molecule has 142 valence electrons. The molecule has 3 aromatic rings. The zero-order valence-corrected chi connectivity index (χ0v) is 14.6. The van der Waals surface area contributed by atoms with Crippen molar-refractivity contribution in [1.29, 1.82) is 0 Å². The molecule has 27 heavy (non-hydrogen) atoms. The number of aliphatic hydroxyl groups is 1. The summed E-state index contributed by atoms with van der Waals surface area (Å²) in [6, 6.07) is 5.08. The van der Waals surface area contributed by atoms with Crippen LogP contribution in [0.4, 0.5) is 8.78 Å². The van der Waals surface area contributed by atoms with Gasteiger partial charge in [-0.25, -0.2) is 18.1 Å². The van der Waals surface area contributed by atoms with Crippen molar-refractivity contribution in [2.45, 2.75) is 31.4 Å². The number of nitrogens with zero attached hydrogens (tertiary/aromatic N) is 5. The van der Waals surface area contributed by atoms with E-state index >= 15 is 0 Å². The van der Waals surface area contributed by atoms with Gasteiger partial charge in [0.05, 0.1) is 18.4 Å². The van der Waals surface area contributed by atoms with Gasteiger partial charge >= 0.3 is 0 Å². The Morgan fingerprint density at radius 3 is 2.93 bits per heavy atom. The van der Waals surface area contributed by atoms with E-state index in [9.17, 15) is 13.9 Å². The molecule has 0 spiro atoms. The first-order valence-corrected chi connectivity index (χ1v) is 8.87. The molecule has 0 radical (unpaired) electrons. The standard InChI is InChI=1S/C18H20F2N6O/c19-13-2-3-16(15(20)10-13)26-9-4-14(23-26)11-25-12-17(22-24-25)18(27)5-1-7-21-8-6-18/h2-4,9-10,12,21,27H,1,5-8,11H2. The number of aromatic nitrogens is 5. The number of nitrogens with one attached hydrogen (secondary N) is 1. The highest BCUT2D eigenvalue weighted by Gasteiger charge is 2.33. The zero-order chi connectivity index (χ0) is 18.9. The lowest BCUT2D eigenvalue weighted by Crippen LogP contribution is -2.27. The van der Waals surface area contributed by atoms with E-state index in [1.807, 2.05) is 0 Å². The average molecular weight is 374 g/mol. The molecule has 9 heteroatoms. The van der Waals surface area contributed by atoms with Gasteiger partial charge in [0.15, 0.2) is 5.82 Å². The second-order valence-electron chi connectivity index (χ2n) is 6.78. The van der Waals surface area contributed by atoms with Gasteiger partial charge in [-0.1, -0.05) is 5.21 Å². The van der Waals surface area contributed by atoms with E-state index in [4.69, 9.17) is 0 Å². The molecule has 2 aromatic heterocycles. The van der Waals surface area contributed by atoms with Crippen molar-refractivity contribution in [3.8, 4) is 5.69 Å². The predicted molar refractivity (Wildman–Crippen MR) is 93.2 cm³/mol. The quantitative estimate of drug-likeness (QED) is 0.727. The zero-order valence-electron chi connectivity index (χ0n) is 14.6. The Bertz CT molecular complexity index is 930. The first kappa shape index (κ1) is 17.7. The minimum atomic E-state index is -0.974. The van der Waals surface area contributed by atoms with Gasteiger partial charge in [0.25, 0.3) is 0 Å². The van der Waals surface area contributed by atoms with Crippen molar-refractivity contribution >= 4 is 0 Å². The van der Waals surface area contributed by atoms with E-state index in [1.54, 1.807) is 23.1 Å². The third kappa shape index (κ3) is 3.74. The van der Waals surface area contributed by atoms with Crippen LogP contribution >= 0.6 is 0 Å². The van der Waals surface area contributed by atoms with Crippen LogP contribution in [0, 0.1) is 11.6 Å². The first-order chi connectivity index (χ1) is 13.0. The molecule has 7 nitrogen and oxygen atoms in total. The molecule has 0 bridgehead atoms. The van der Waals surface area contributed by atoms with Crippen LogP contribution in [0.2, 0.25) is 0 Å². The molecule has 0 saturated carbocycles. The summed E-state index contributed by atoms with van der Waals surface area (Å²) in [5.41, 5.74) is 0.389. The van der Waals surface area contributed by atoms with Crippen LogP contribution in [0.25, 0.3) is 5.69 Å². The van der Waals surface area contributed by atoms with E-state index in [0.717, 1.165) is 25.6 Å². The van der Waals surface area contributed by atoms with Crippen LogP contribution < -0.4 is 5.32 Å². The number of hydrogen-bond donors (Lipinski definition) is 2. The van der Waals surface area contributed by atoms with E-state index in [-0.39, 0.29) is 5.69 Å². The molecule has 1 aromatic carbocycles. The molecule has 1 atom stereocenters. The van der Waals surface area contributed by atoms with Crippen LogP contribution in [0.1, 0.15) is 30.7 Å². The van der Waals surface area contributed by atoms with Gasteiger partial charge in [0.2, 0.25) is 0 Å². The summed E-state index contributed by atoms with van der Waals surface area (Å²) in [6.45, 7) is 1.95. The molecule has 1 aliphatic rings. The fourth-order valence-electron chi connectivity index (χ4n) is 3.31. The molecular formula is C18H20F2N6O. The van der Waals surface area contributed by atoms with Crippen molar-refractivity contribution in [3.05, 3.63) is 59.7 Å². The maximum absolute atomic E-state index is 13.9. The van der Waals surface area contributed by atoms with E-state index in [1.165, 1.54) is 16.8 Å². The molecule has 1 unspecified atom stereocenters. The van der Waals surface area contributed by atoms with Crippen molar-refractivity contribution in [3.63, 3.8) is 0 Å². The van der Waals surface area contributed by atoms with Crippen LogP contribution in [0.15, 0.2) is 36.7 Å². The SMILES string of the molecule is OC1(c2cn(Cc3ccn(-c4ccc(F)cc4F)n3)nn2)CCCNCC1. The van der Waals surface area contributed by atoms with Crippen LogP contribution in [0.3, 0.4) is 0 Å². The number of rotatable bonds is 4. The van der Waals surface area contributed by atoms with Gasteiger partial charge in [-0.15, -0.1) is 5.10 Å². The lowest BCUT2D eigenvalue weighted by atomic mass is 9.92. The monoisotopic (exact) mass is 374 g/mol. The summed E-state index contributed by atoms with van der Waals surface area (Å²) in [4.78, 5) is 0. The topological polar surface area (TPSA) is 80.8 Å². The third-order valence-corrected chi connectivity index (χ3v) is 4.80. The maximum Gasteiger partial charge on any atom is 0.151 e. The molecule has 4 rings (SSSR count). The highest BCUT2D eigenvalue weighted by Crippen LogP contribution is 2.29. The summed E-state index contributed by atoms with van der Waals surface area (Å²) in [5, 5.41) is 26.7. The van der Waals surface area contributed by atoms with Gasteiger partial charge < -0.3 is 10.4 Å². The fraction of sp³-hybridized carbons (Fsp3) is 0.389. The number of hydrogen-bond acceptors (Lipinski definition) is 5. The van der Waals surface area contributed by atoms with Gasteiger partial charge in [-0.2, -0.15) is 5.10 Å². The van der Waals surface area contributed by atoms with E-state index in [0.29, 0.717) is 30.8 Å². The lowest BCUT2D eigenvalue weighted by molar-refractivity contribution is 0.0196. The van der Waals surface area contributed by atoms with Crippen molar-refractivity contribution in [2.75, 3.05) is 13.1 Å². The van der Waals surface area contributed by atoms with Crippen molar-refractivity contribution in [2.24, 2.45) is 0 Å². The van der Waals surface area contributed by atoms with Crippen LogP contribution in [-0.4, -0.2) is 43.0 Å². The Kier molecular flexibility index (Phi) is 4.71. The maximum atomic E-state index is 13.9. The predicted octanol–water partition coefficient (Wildman–Crippen LogP) is 1.75. The van der Waals surface area contributed by atoms with Gasteiger partial charge in [0.1, 0.15) is 22.8 Å². The van der Waals surface area contributed by atoms with Gasteiger partial charge in [-0.05, 0) is 50.6 Å². The molecule has 0 amide bonds. The van der Waals surface area contributed by atoms with Gasteiger partial charge in [-0.3, -0.25) is 0 Å². The normalized spacial score (nSPS) is 20.6. The minimum Gasteiger partial charge on any atom is -0.383 e. The summed E-state index contributed by atoms with van der Waals surface area (Å²) in [6.07, 6.45) is 5.43. The summed E-state index contributed by atoms with van der Waals surface area (Å²) < 4.78 is 29.9. The second-order valence-corrected chi connectivity index (χ2v) is 6.78. The third-order valence-electron chi connectivity index (χ3n) is 4.80. The number of benzene rings is 1. The van der Waals surface area contributed by atoms with E-state index in [2.05, 4.69) is 20.7 Å². The van der Waals surface area contributed by atoms with E-state index < -0.39 is 17.2 Å². The minimum absolute atomic E-state index is 0.169. The summed E-state index contributed by atoms with van der Waals surface area (Å²) in [7, 11) is 0. The highest BCUT2D eigenvalue weighted by molar-refractivity contribution is 5.33. The van der Waals surface area contributed by atoms with Crippen LogP contribution in [0.5, 0.6) is 0 Å². The molecule has 0 aliphatic carbocycles. The smallest absolute Gasteiger partial charge is 0.151 e. The lowest BCUT2D eigenvalue weighted by Gasteiger charge is -2.23. The highest BCUT2D eigenvalue weighted by atomic mass is 19.1. The Morgan fingerprint density at radius 1 is 1.19 bits per heavy atom. The second kappa shape index (κ2) is 7.16. The molecule has 1 aliphatic heterocycles. The van der Waals surface area contributed by atoms with Gasteiger partial charge in [0, 0.05) is 12.3 Å². The molecule has 1 fully saturated rings. The summed E-state index contributed by atoms with van der Waals surface area (Å²) >= 11 is 0. The number of halogens is 2. The van der Waals surface area contributed by atoms with Crippen molar-refractivity contribution in [1.82, 2.24) is 30.1 Å². The van der Waals surface area contributed by atoms with Crippen LogP contribution in [-0.2, 0) is 12.1 Å². The largest absolute Gasteiger partial charge is 0.383 e. The van der Waals surface area contributed by atoms with Crippen molar-refractivity contribution < 1.29 is 13.9 Å². The molecule has 3 heterocycles. The Labute approximate surface area is 154 Å².